The Balaban J connectivity index is 1.21. The van der Waals surface area contributed by atoms with Crippen LogP contribution in [0.5, 0.6) is 0 Å². The van der Waals surface area contributed by atoms with Crippen LogP contribution >= 0.6 is 0 Å². The number of hydrogen-bond donors (Lipinski definition) is 0. The van der Waals surface area contributed by atoms with Gasteiger partial charge in [0.1, 0.15) is 0 Å². The summed E-state index contributed by atoms with van der Waals surface area (Å²) in [6.07, 6.45) is 0. The second-order valence-electron chi connectivity index (χ2n) is 16.4. The van der Waals surface area contributed by atoms with E-state index < -0.39 is 13.3 Å². The summed E-state index contributed by atoms with van der Waals surface area (Å²) in [5.74, 6) is 0.497. The average molecular weight is 891 g/mol. The van der Waals surface area contributed by atoms with Crippen LogP contribution in [0.4, 0.5) is 0 Å². The number of nitriles is 1. The van der Waals surface area contributed by atoms with Crippen molar-refractivity contribution in [3.05, 3.63) is 242 Å². The minimum atomic E-state index is -3.66. The molecule has 65 heavy (non-hydrogen) atoms. The number of aromatic nitrogens is 4. The van der Waals surface area contributed by atoms with Crippen LogP contribution in [0, 0.1) is 11.3 Å². The van der Waals surface area contributed by atoms with E-state index in [2.05, 4.69) is 191 Å². The molecule has 0 fully saturated rings. The first kappa shape index (κ1) is 38.4. The summed E-state index contributed by atoms with van der Waals surface area (Å²) in [4.78, 5) is 10.8. The summed E-state index contributed by atoms with van der Waals surface area (Å²) in [7, 11) is 0. The van der Waals surface area contributed by atoms with E-state index in [1.165, 1.54) is 17.6 Å². The molecule has 0 saturated carbocycles. The van der Waals surface area contributed by atoms with Gasteiger partial charge in [0.05, 0.1) is 0 Å². The number of benzene rings is 9. The fourth-order valence-corrected chi connectivity index (χ4v) is 20.2. The van der Waals surface area contributed by atoms with Gasteiger partial charge in [-0.2, -0.15) is 5.26 Å². The number of hydrogen-bond acceptors (Lipinski definition) is 3. The van der Waals surface area contributed by atoms with E-state index in [1.807, 2.05) is 60.7 Å². The van der Waals surface area contributed by atoms with E-state index in [0.29, 0.717) is 22.9 Å². The van der Waals surface area contributed by atoms with E-state index >= 15 is 0 Å². The van der Waals surface area contributed by atoms with Gasteiger partial charge in [-0.25, -0.2) is 0 Å². The van der Waals surface area contributed by atoms with Gasteiger partial charge in [-0.15, -0.1) is 0 Å². The van der Waals surface area contributed by atoms with E-state index in [1.54, 1.807) is 0 Å². The summed E-state index contributed by atoms with van der Waals surface area (Å²) in [5.41, 5.74) is 8.55. The summed E-state index contributed by atoms with van der Waals surface area (Å²) >= 11 is -3.66. The van der Waals surface area contributed by atoms with E-state index in [4.69, 9.17) is 9.97 Å². The predicted molar refractivity (Wildman–Crippen MR) is 270 cm³/mol. The molecule has 3 aromatic heterocycles. The minimum Gasteiger partial charge on any atom is -0.0622 e. The van der Waals surface area contributed by atoms with Gasteiger partial charge in [-0.1, -0.05) is 36.4 Å². The van der Waals surface area contributed by atoms with Crippen molar-refractivity contribution in [2.45, 2.75) is 0 Å². The quantitative estimate of drug-likeness (QED) is 0.143. The van der Waals surface area contributed by atoms with Crippen molar-refractivity contribution in [3.8, 4) is 40.2 Å². The van der Waals surface area contributed by atoms with Crippen molar-refractivity contribution >= 4 is 74.5 Å². The van der Waals surface area contributed by atoms with Crippen LogP contribution in [-0.2, 0) is 0 Å². The van der Waals surface area contributed by atoms with Crippen LogP contribution in [-0.4, -0.2) is 32.4 Å². The van der Waals surface area contributed by atoms with Crippen LogP contribution in [0.25, 0.3) is 77.8 Å². The second-order valence-corrected chi connectivity index (χ2v) is 24.4. The Morgan fingerprint density at radius 1 is 0.369 bits per heavy atom. The molecule has 0 N–H and O–H groups in total. The molecule has 0 bridgehead atoms. The molecule has 0 aliphatic heterocycles. The fourth-order valence-electron chi connectivity index (χ4n) is 10.2. The van der Waals surface area contributed by atoms with Crippen molar-refractivity contribution in [2.24, 2.45) is 0 Å². The SMILES string of the molecule is N#Cc1c(-c2ccccc2)nc(-n2c3ccccc3c3ccc4c5ccccc5n(-c5ccc[c]([Ge]([c]6ccccc6)([c]6ccccc6)[c]6ccccc6)c5)c4c32)nc1-c1ccccc1. The Hall–Kier alpha value is -8.31. The molecule has 0 spiro atoms. The number of fused-ring (bicyclic) bond motifs is 7. The third-order valence-corrected chi connectivity index (χ3v) is 22.9. The van der Waals surface area contributed by atoms with Gasteiger partial charge in [0.15, 0.2) is 0 Å². The third-order valence-electron chi connectivity index (χ3n) is 12.9. The topological polar surface area (TPSA) is 59.4 Å². The van der Waals surface area contributed by atoms with Gasteiger partial charge >= 0.3 is 340 Å². The van der Waals surface area contributed by atoms with Crippen LogP contribution in [0.1, 0.15) is 5.56 Å². The van der Waals surface area contributed by atoms with Gasteiger partial charge in [0, 0.05) is 0 Å². The van der Waals surface area contributed by atoms with E-state index in [0.717, 1.165) is 60.4 Å². The average Bonchev–Trinajstić information content (AvgIpc) is 3.91. The molecule has 3 heterocycles. The van der Waals surface area contributed by atoms with Crippen LogP contribution in [0.3, 0.4) is 0 Å². The molecule has 0 saturated heterocycles. The maximum absolute atomic E-state index is 10.8. The molecular weight excluding hydrogens is 851 g/mol. The molecule has 12 aromatic rings. The normalized spacial score (nSPS) is 11.7. The summed E-state index contributed by atoms with van der Waals surface area (Å²) in [5, 5.41) is 15.3. The van der Waals surface area contributed by atoms with Crippen molar-refractivity contribution in [3.63, 3.8) is 0 Å². The molecule has 0 aliphatic rings. The Labute approximate surface area is 379 Å². The van der Waals surface area contributed by atoms with Crippen LogP contribution in [0.2, 0.25) is 0 Å². The molecule has 6 heteroatoms. The zero-order chi connectivity index (χ0) is 43.3. The van der Waals surface area contributed by atoms with Crippen molar-refractivity contribution in [1.82, 2.24) is 19.1 Å². The first-order valence-electron chi connectivity index (χ1n) is 21.9. The van der Waals surface area contributed by atoms with Gasteiger partial charge < -0.3 is 0 Å². The molecule has 304 valence electrons. The van der Waals surface area contributed by atoms with Gasteiger partial charge in [-0.05, 0) is 0 Å². The van der Waals surface area contributed by atoms with E-state index in [9.17, 15) is 5.26 Å². The molecule has 12 rings (SSSR count). The van der Waals surface area contributed by atoms with Gasteiger partial charge in [0.25, 0.3) is 0 Å². The molecular formula is C59H39GeN5. The minimum absolute atomic E-state index is 0.437. The van der Waals surface area contributed by atoms with Crippen LogP contribution < -0.4 is 17.6 Å². The molecule has 0 aliphatic carbocycles. The van der Waals surface area contributed by atoms with Crippen molar-refractivity contribution < 1.29 is 0 Å². The number of para-hydroxylation sites is 2. The smallest absolute Gasteiger partial charge is 0.0622 e. The molecule has 5 nitrogen and oxygen atoms in total. The zero-order valence-electron chi connectivity index (χ0n) is 35.3. The predicted octanol–water partition coefficient (Wildman–Crippen LogP) is 11.3. The molecule has 0 radical (unpaired) electrons. The number of rotatable bonds is 8. The zero-order valence-corrected chi connectivity index (χ0v) is 37.4. The Morgan fingerprint density at radius 2 is 0.769 bits per heavy atom. The van der Waals surface area contributed by atoms with Gasteiger partial charge in [-0.3, -0.25) is 0 Å². The summed E-state index contributed by atoms with van der Waals surface area (Å²) in [6, 6.07) is 87.1. The third kappa shape index (κ3) is 6.07. The Kier molecular flexibility index (Phi) is 9.33. The van der Waals surface area contributed by atoms with E-state index in [-0.39, 0.29) is 0 Å². The van der Waals surface area contributed by atoms with Crippen LogP contribution in [0.15, 0.2) is 237 Å². The second kappa shape index (κ2) is 15.8. The van der Waals surface area contributed by atoms with Gasteiger partial charge in [0.2, 0.25) is 0 Å². The Morgan fingerprint density at radius 3 is 1.25 bits per heavy atom. The first-order valence-corrected chi connectivity index (χ1v) is 26.1. The van der Waals surface area contributed by atoms with Crippen molar-refractivity contribution in [2.75, 3.05) is 0 Å². The Bertz CT molecular complexity index is 3610. The first-order chi connectivity index (χ1) is 32.2. The molecule has 0 amide bonds. The fraction of sp³-hybridized carbons (Fsp3) is 0. The van der Waals surface area contributed by atoms with Crippen molar-refractivity contribution in [1.29, 1.82) is 5.26 Å². The summed E-state index contributed by atoms with van der Waals surface area (Å²) < 4.78 is 10.1. The molecule has 0 unspecified atom stereocenters. The standard InChI is InChI=1S/C59H39GeN5/c61-40-52-55(41-21-6-1-7-22-41)62-59(63-56(52)42-23-8-2-9-24-42)65-54-36-19-17-34-49(54)51-38-37-50-48-33-16-18-35-53(48)64(57(50)58(51)65)47-32-20-31-46(39-47)60(43-25-10-3-11-26-43,44-27-12-4-13-28-44)45-29-14-5-15-30-45/h1-39H. The monoisotopic (exact) mass is 891 g/mol. The maximum atomic E-state index is 10.8. The molecule has 9 aromatic carbocycles. The summed E-state index contributed by atoms with van der Waals surface area (Å²) in [6.45, 7) is 0. The molecule has 0 atom stereocenters. The number of nitrogens with zero attached hydrogens (tertiary/aromatic N) is 5.